The summed E-state index contributed by atoms with van der Waals surface area (Å²) in [7, 11) is 1.60. The highest BCUT2D eigenvalue weighted by atomic mass is 35.5. The molecule has 2 aromatic rings. The molecule has 0 N–H and O–H groups in total. The average molecular weight is 395 g/mol. The second kappa shape index (κ2) is 8.88. The third kappa shape index (κ3) is 5.09. The summed E-state index contributed by atoms with van der Waals surface area (Å²) in [5, 5.41) is 0.690. The summed E-state index contributed by atoms with van der Waals surface area (Å²) in [5.74, 6) is 3.13. The Balaban J connectivity index is 1.60. The smallest absolute Gasteiger partial charge is 0.311 e. The maximum Gasteiger partial charge on any atom is 0.311 e. The molecular weight excluding hydrogens is 376 g/mol. The number of benzene rings is 2. The van der Waals surface area contributed by atoms with Gasteiger partial charge in [-0.15, -0.1) is 23.5 Å². The molecule has 3 nitrogen and oxygen atoms in total. The van der Waals surface area contributed by atoms with Crippen LogP contribution in [-0.2, 0) is 11.2 Å². The first-order chi connectivity index (χ1) is 12.2. The number of halogens is 1. The molecule has 0 spiro atoms. The maximum absolute atomic E-state index is 12.1. The van der Waals surface area contributed by atoms with E-state index in [4.69, 9.17) is 21.1 Å². The molecule has 0 unspecified atom stereocenters. The Morgan fingerprint density at radius 2 is 1.84 bits per heavy atom. The lowest BCUT2D eigenvalue weighted by atomic mass is 10.1. The van der Waals surface area contributed by atoms with Gasteiger partial charge in [0.2, 0.25) is 0 Å². The lowest BCUT2D eigenvalue weighted by Crippen LogP contribution is -2.10. The van der Waals surface area contributed by atoms with Gasteiger partial charge in [0.1, 0.15) is 0 Å². The summed E-state index contributed by atoms with van der Waals surface area (Å²) >= 11 is 9.73. The van der Waals surface area contributed by atoms with E-state index >= 15 is 0 Å². The summed E-state index contributed by atoms with van der Waals surface area (Å²) in [4.78, 5) is 12.1. The zero-order valence-corrected chi connectivity index (χ0v) is 16.3. The van der Waals surface area contributed by atoms with Crippen LogP contribution < -0.4 is 9.47 Å². The van der Waals surface area contributed by atoms with Crippen molar-refractivity contribution in [3.63, 3.8) is 0 Å². The van der Waals surface area contributed by atoms with Gasteiger partial charge < -0.3 is 9.47 Å². The number of carbonyl (C=O) groups is 1. The quantitative estimate of drug-likeness (QED) is 0.486. The molecule has 0 atom stereocenters. The van der Waals surface area contributed by atoms with Crippen LogP contribution in [0.1, 0.15) is 22.1 Å². The number of carbonyl (C=O) groups excluding carboxylic acids is 1. The number of methoxy groups -OCH3 is 1. The van der Waals surface area contributed by atoms with Crippen LogP contribution in [-0.4, -0.2) is 24.6 Å². The highest BCUT2D eigenvalue weighted by Crippen LogP contribution is 2.46. The van der Waals surface area contributed by atoms with Gasteiger partial charge in [0.15, 0.2) is 11.5 Å². The van der Waals surface area contributed by atoms with Crippen molar-refractivity contribution >= 4 is 41.1 Å². The summed E-state index contributed by atoms with van der Waals surface area (Å²) in [6, 6.07) is 13.3. The van der Waals surface area contributed by atoms with E-state index in [-0.39, 0.29) is 5.97 Å². The number of esters is 1. The van der Waals surface area contributed by atoms with Gasteiger partial charge in [-0.25, -0.2) is 0 Å². The molecule has 0 saturated carbocycles. The van der Waals surface area contributed by atoms with Crippen LogP contribution in [0.2, 0.25) is 5.02 Å². The van der Waals surface area contributed by atoms with E-state index in [0.717, 1.165) is 5.56 Å². The summed E-state index contributed by atoms with van der Waals surface area (Å²) < 4.78 is 11.3. The van der Waals surface area contributed by atoms with E-state index in [1.165, 1.54) is 17.1 Å². The van der Waals surface area contributed by atoms with E-state index in [1.807, 2.05) is 66.0 Å². The molecule has 0 aromatic heterocycles. The van der Waals surface area contributed by atoms with Crippen molar-refractivity contribution in [2.75, 3.05) is 18.6 Å². The SMILES string of the molecule is COc1cc(C2SCCS2)ccc1OC(=O)CCc1ccc(Cl)cc1. The monoisotopic (exact) mass is 394 g/mol. The molecule has 0 amide bonds. The van der Waals surface area contributed by atoms with Crippen molar-refractivity contribution in [1.29, 1.82) is 0 Å². The number of aryl methyl sites for hydroxylation is 1. The minimum absolute atomic E-state index is 0.273. The first-order valence-electron chi connectivity index (χ1n) is 8.02. The van der Waals surface area contributed by atoms with E-state index < -0.39 is 0 Å². The molecule has 1 aliphatic rings. The zero-order valence-electron chi connectivity index (χ0n) is 13.9. The van der Waals surface area contributed by atoms with Crippen LogP contribution >= 0.6 is 35.1 Å². The standard InChI is InChI=1S/C19H19ClO3S2/c1-22-17-12-14(19-24-10-11-25-19)5-8-16(17)23-18(21)9-4-13-2-6-15(20)7-3-13/h2-3,5-8,12,19H,4,9-11H2,1H3. The van der Waals surface area contributed by atoms with E-state index in [1.54, 1.807) is 7.11 Å². The van der Waals surface area contributed by atoms with E-state index in [0.29, 0.717) is 33.9 Å². The third-order valence-corrected chi connectivity index (χ3v) is 7.19. The predicted molar refractivity (Wildman–Crippen MR) is 106 cm³/mol. The van der Waals surface area contributed by atoms with Crippen LogP contribution in [0.15, 0.2) is 42.5 Å². The molecule has 25 heavy (non-hydrogen) atoms. The Hall–Kier alpha value is -1.30. The predicted octanol–water partition coefficient (Wildman–Crippen LogP) is 5.37. The normalized spacial score (nSPS) is 14.5. The highest BCUT2D eigenvalue weighted by Gasteiger charge is 2.20. The van der Waals surface area contributed by atoms with Gasteiger partial charge in [-0.2, -0.15) is 0 Å². The average Bonchev–Trinajstić information content (AvgIpc) is 3.16. The Bertz CT molecular complexity index is 728. The second-order valence-electron chi connectivity index (χ2n) is 5.58. The van der Waals surface area contributed by atoms with Gasteiger partial charge in [0.25, 0.3) is 0 Å². The Labute approximate surface area is 161 Å². The van der Waals surface area contributed by atoms with Crippen LogP contribution in [0.5, 0.6) is 11.5 Å². The Morgan fingerprint density at radius 1 is 1.12 bits per heavy atom. The molecule has 0 bridgehead atoms. The number of thioether (sulfide) groups is 2. The summed E-state index contributed by atoms with van der Waals surface area (Å²) in [6.45, 7) is 0. The number of ether oxygens (including phenoxy) is 2. The van der Waals surface area contributed by atoms with Gasteiger partial charge in [0.05, 0.1) is 11.7 Å². The molecule has 132 valence electrons. The molecule has 1 saturated heterocycles. The molecule has 2 aromatic carbocycles. The second-order valence-corrected chi connectivity index (χ2v) is 8.75. The first kappa shape index (κ1) is 18.5. The number of rotatable bonds is 6. The Morgan fingerprint density at radius 3 is 2.52 bits per heavy atom. The van der Waals surface area contributed by atoms with Crippen molar-refractivity contribution < 1.29 is 14.3 Å². The van der Waals surface area contributed by atoms with Gasteiger partial charge in [-0.05, 0) is 41.8 Å². The van der Waals surface area contributed by atoms with Gasteiger partial charge in [-0.3, -0.25) is 4.79 Å². The molecule has 1 heterocycles. The van der Waals surface area contributed by atoms with Crippen LogP contribution in [0.25, 0.3) is 0 Å². The molecule has 3 rings (SSSR count). The molecule has 1 fully saturated rings. The molecule has 1 aliphatic heterocycles. The van der Waals surface area contributed by atoms with Gasteiger partial charge in [0, 0.05) is 22.9 Å². The van der Waals surface area contributed by atoms with Crippen molar-refractivity contribution in [2.24, 2.45) is 0 Å². The fourth-order valence-electron chi connectivity index (χ4n) is 2.54. The summed E-state index contributed by atoms with van der Waals surface area (Å²) in [5.41, 5.74) is 2.25. The van der Waals surface area contributed by atoms with Crippen LogP contribution in [0.4, 0.5) is 0 Å². The Kier molecular flexibility index (Phi) is 6.57. The van der Waals surface area contributed by atoms with Crippen molar-refractivity contribution in [3.8, 4) is 11.5 Å². The minimum Gasteiger partial charge on any atom is -0.493 e. The number of hydrogen-bond donors (Lipinski definition) is 0. The summed E-state index contributed by atoms with van der Waals surface area (Å²) in [6.07, 6.45) is 0.923. The lowest BCUT2D eigenvalue weighted by molar-refractivity contribution is -0.134. The fourth-order valence-corrected chi connectivity index (χ4v) is 5.50. The maximum atomic E-state index is 12.1. The largest absolute Gasteiger partial charge is 0.493 e. The van der Waals surface area contributed by atoms with Crippen LogP contribution in [0.3, 0.4) is 0 Å². The molecule has 0 radical (unpaired) electrons. The zero-order chi connectivity index (χ0) is 17.6. The third-order valence-electron chi connectivity index (χ3n) is 3.84. The molecular formula is C19H19ClO3S2. The van der Waals surface area contributed by atoms with Crippen LogP contribution in [0, 0.1) is 0 Å². The van der Waals surface area contributed by atoms with E-state index in [2.05, 4.69) is 0 Å². The topological polar surface area (TPSA) is 35.5 Å². The van der Waals surface area contributed by atoms with Crippen molar-refractivity contribution in [3.05, 3.63) is 58.6 Å². The highest BCUT2D eigenvalue weighted by molar-refractivity contribution is 8.19. The van der Waals surface area contributed by atoms with Crippen molar-refractivity contribution in [1.82, 2.24) is 0 Å². The van der Waals surface area contributed by atoms with E-state index in [9.17, 15) is 4.79 Å². The first-order valence-corrected chi connectivity index (χ1v) is 10.5. The lowest BCUT2D eigenvalue weighted by Gasteiger charge is -2.13. The molecule has 0 aliphatic carbocycles. The van der Waals surface area contributed by atoms with Crippen molar-refractivity contribution in [2.45, 2.75) is 17.4 Å². The molecule has 6 heteroatoms. The van der Waals surface area contributed by atoms with Gasteiger partial charge in [-0.1, -0.05) is 29.8 Å². The minimum atomic E-state index is -0.273. The fraction of sp³-hybridized carbons (Fsp3) is 0.316. The van der Waals surface area contributed by atoms with Gasteiger partial charge >= 0.3 is 5.97 Å². The number of hydrogen-bond acceptors (Lipinski definition) is 5.